The predicted octanol–water partition coefficient (Wildman–Crippen LogP) is 1.36. The highest BCUT2D eigenvalue weighted by molar-refractivity contribution is 4.68. The molecule has 13 heavy (non-hydrogen) atoms. The smallest absolute Gasteiger partial charge is 0.0814 e. The third kappa shape index (κ3) is 2.93. The second-order valence-electron chi connectivity index (χ2n) is 3.81. The molecule has 2 aliphatic rings. The van der Waals surface area contributed by atoms with Crippen LogP contribution in [0.5, 0.6) is 0 Å². The molecule has 0 aromatic carbocycles. The molecule has 2 saturated heterocycles. The molecule has 2 fully saturated rings. The van der Waals surface area contributed by atoms with Crippen molar-refractivity contribution in [3.8, 4) is 0 Å². The lowest BCUT2D eigenvalue weighted by Gasteiger charge is -2.29. The number of ether oxygens (including phenoxy) is 3. The minimum Gasteiger partial charge on any atom is -0.379 e. The first-order chi connectivity index (χ1) is 6.45. The van der Waals surface area contributed by atoms with E-state index in [4.69, 9.17) is 14.2 Å². The Labute approximate surface area is 79.4 Å². The monoisotopic (exact) mass is 186 g/mol. The fourth-order valence-corrected chi connectivity index (χ4v) is 1.91. The molecule has 2 rings (SSSR count). The van der Waals surface area contributed by atoms with E-state index in [9.17, 15) is 0 Å². The summed E-state index contributed by atoms with van der Waals surface area (Å²) in [6.45, 7) is 3.36. The van der Waals surface area contributed by atoms with E-state index in [2.05, 4.69) is 0 Å². The standard InChI is InChI=1S/C10H18O3/c1-3-9(7-11-5-1)13-10-4-2-6-12-8-10/h9-10H,1-8H2/t9-,10-/m0/s1. The van der Waals surface area contributed by atoms with Crippen LogP contribution in [0.2, 0.25) is 0 Å². The summed E-state index contributed by atoms with van der Waals surface area (Å²) in [5.74, 6) is 0. The minimum atomic E-state index is 0.320. The van der Waals surface area contributed by atoms with Crippen LogP contribution in [0, 0.1) is 0 Å². The van der Waals surface area contributed by atoms with Gasteiger partial charge in [-0.2, -0.15) is 0 Å². The Morgan fingerprint density at radius 3 is 1.77 bits per heavy atom. The molecule has 2 atom stereocenters. The van der Waals surface area contributed by atoms with Gasteiger partial charge in [0.15, 0.2) is 0 Å². The van der Waals surface area contributed by atoms with Crippen LogP contribution in [0.15, 0.2) is 0 Å². The molecule has 0 spiro atoms. The molecule has 0 N–H and O–H groups in total. The third-order valence-corrected chi connectivity index (χ3v) is 2.62. The molecule has 0 aromatic heterocycles. The Bertz CT molecular complexity index is 121. The Balaban J connectivity index is 1.69. The van der Waals surface area contributed by atoms with E-state index in [0.29, 0.717) is 12.2 Å². The normalized spacial score (nSPS) is 36.0. The predicted molar refractivity (Wildman–Crippen MR) is 48.8 cm³/mol. The topological polar surface area (TPSA) is 27.7 Å². The third-order valence-electron chi connectivity index (χ3n) is 2.62. The molecule has 0 radical (unpaired) electrons. The Morgan fingerprint density at radius 2 is 1.38 bits per heavy atom. The average molecular weight is 186 g/mol. The van der Waals surface area contributed by atoms with Crippen molar-refractivity contribution in [2.75, 3.05) is 26.4 Å². The highest BCUT2D eigenvalue weighted by atomic mass is 16.6. The molecule has 2 aliphatic heterocycles. The van der Waals surface area contributed by atoms with Crippen LogP contribution >= 0.6 is 0 Å². The van der Waals surface area contributed by atoms with Gasteiger partial charge in [0.2, 0.25) is 0 Å². The first kappa shape index (κ1) is 9.44. The van der Waals surface area contributed by atoms with E-state index in [0.717, 1.165) is 52.1 Å². The molecule has 0 unspecified atom stereocenters. The van der Waals surface area contributed by atoms with Gasteiger partial charge in [0.25, 0.3) is 0 Å². The van der Waals surface area contributed by atoms with Crippen molar-refractivity contribution in [2.45, 2.75) is 37.9 Å². The van der Waals surface area contributed by atoms with E-state index in [1.54, 1.807) is 0 Å². The largest absolute Gasteiger partial charge is 0.379 e. The summed E-state index contributed by atoms with van der Waals surface area (Å²) in [5.41, 5.74) is 0. The molecular formula is C10H18O3. The van der Waals surface area contributed by atoms with Crippen molar-refractivity contribution in [3.05, 3.63) is 0 Å². The molecule has 0 aliphatic carbocycles. The van der Waals surface area contributed by atoms with Crippen LogP contribution in [-0.2, 0) is 14.2 Å². The lowest BCUT2D eigenvalue weighted by molar-refractivity contribution is -0.121. The lowest BCUT2D eigenvalue weighted by Crippen LogP contribution is -2.34. The molecule has 0 aromatic rings. The van der Waals surface area contributed by atoms with Gasteiger partial charge in [-0.3, -0.25) is 0 Å². The molecule has 0 saturated carbocycles. The molecule has 0 bridgehead atoms. The van der Waals surface area contributed by atoms with Crippen LogP contribution in [0.3, 0.4) is 0 Å². The summed E-state index contributed by atoms with van der Waals surface area (Å²) in [5, 5.41) is 0. The van der Waals surface area contributed by atoms with Gasteiger partial charge in [0, 0.05) is 13.2 Å². The summed E-state index contributed by atoms with van der Waals surface area (Å²) >= 11 is 0. The van der Waals surface area contributed by atoms with E-state index < -0.39 is 0 Å². The number of hydrogen-bond acceptors (Lipinski definition) is 3. The van der Waals surface area contributed by atoms with E-state index in [1.165, 1.54) is 0 Å². The zero-order chi connectivity index (χ0) is 8.93. The van der Waals surface area contributed by atoms with Gasteiger partial charge in [-0.15, -0.1) is 0 Å². The quantitative estimate of drug-likeness (QED) is 0.651. The number of hydrogen-bond donors (Lipinski definition) is 0. The second kappa shape index (κ2) is 4.94. The lowest BCUT2D eigenvalue weighted by atomic mass is 10.1. The molecule has 3 heteroatoms. The minimum absolute atomic E-state index is 0.320. The summed E-state index contributed by atoms with van der Waals surface area (Å²) in [4.78, 5) is 0. The summed E-state index contributed by atoms with van der Waals surface area (Å²) in [6.07, 6.45) is 5.21. The van der Waals surface area contributed by atoms with Crippen molar-refractivity contribution in [3.63, 3.8) is 0 Å². The molecule has 76 valence electrons. The molecule has 0 amide bonds. The van der Waals surface area contributed by atoms with Crippen LogP contribution in [0.4, 0.5) is 0 Å². The average Bonchev–Trinajstić information content (AvgIpc) is 2.21. The fourth-order valence-electron chi connectivity index (χ4n) is 1.91. The van der Waals surface area contributed by atoms with Crippen LogP contribution in [0.25, 0.3) is 0 Å². The van der Waals surface area contributed by atoms with Crippen molar-refractivity contribution in [2.24, 2.45) is 0 Å². The highest BCUT2D eigenvalue weighted by Crippen LogP contribution is 2.16. The summed E-state index contributed by atoms with van der Waals surface area (Å²) in [7, 11) is 0. The maximum absolute atomic E-state index is 5.88. The Hall–Kier alpha value is -0.120. The van der Waals surface area contributed by atoms with Crippen molar-refractivity contribution < 1.29 is 14.2 Å². The van der Waals surface area contributed by atoms with E-state index >= 15 is 0 Å². The van der Waals surface area contributed by atoms with Gasteiger partial charge in [-0.1, -0.05) is 0 Å². The fraction of sp³-hybridized carbons (Fsp3) is 1.00. The van der Waals surface area contributed by atoms with Crippen molar-refractivity contribution in [1.29, 1.82) is 0 Å². The van der Waals surface area contributed by atoms with Crippen LogP contribution < -0.4 is 0 Å². The van der Waals surface area contributed by atoms with Crippen molar-refractivity contribution in [1.82, 2.24) is 0 Å². The van der Waals surface area contributed by atoms with Gasteiger partial charge in [-0.25, -0.2) is 0 Å². The Morgan fingerprint density at radius 1 is 0.846 bits per heavy atom. The maximum atomic E-state index is 5.88. The zero-order valence-corrected chi connectivity index (χ0v) is 8.04. The van der Waals surface area contributed by atoms with E-state index in [-0.39, 0.29) is 0 Å². The Kier molecular flexibility index (Phi) is 3.58. The van der Waals surface area contributed by atoms with Crippen LogP contribution in [0.1, 0.15) is 25.7 Å². The SMILES string of the molecule is C1COC[C@@H](O[C@H]2CCCOC2)C1. The molecule has 3 nitrogen and oxygen atoms in total. The van der Waals surface area contributed by atoms with Crippen LogP contribution in [-0.4, -0.2) is 38.6 Å². The van der Waals surface area contributed by atoms with Gasteiger partial charge in [-0.05, 0) is 25.7 Å². The first-order valence-electron chi connectivity index (χ1n) is 5.26. The summed E-state index contributed by atoms with van der Waals surface area (Å²) in [6, 6.07) is 0. The zero-order valence-electron chi connectivity index (χ0n) is 8.04. The molecule has 2 heterocycles. The summed E-state index contributed by atoms with van der Waals surface area (Å²) < 4.78 is 16.6. The first-order valence-corrected chi connectivity index (χ1v) is 5.26. The second-order valence-corrected chi connectivity index (χ2v) is 3.81. The van der Waals surface area contributed by atoms with Gasteiger partial charge in [0.05, 0.1) is 25.4 Å². The molecular weight excluding hydrogens is 168 g/mol. The van der Waals surface area contributed by atoms with Gasteiger partial charge < -0.3 is 14.2 Å². The van der Waals surface area contributed by atoms with E-state index in [1.807, 2.05) is 0 Å². The van der Waals surface area contributed by atoms with Gasteiger partial charge >= 0.3 is 0 Å². The highest BCUT2D eigenvalue weighted by Gasteiger charge is 2.21. The van der Waals surface area contributed by atoms with Gasteiger partial charge in [0.1, 0.15) is 0 Å². The maximum Gasteiger partial charge on any atom is 0.0814 e. The van der Waals surface area contributed by atoms with Crippen molar-refractivity contribution >= 4 is 0 Å². The number of rotatable bonds is 2.